The quantitative estimate of drug-likeness (QED) is 0.822. The SMILES string of the molecule is C=C[C@H](N)c1cc(Br)cc(Cl)c1O.Cl. The Hall–Kier alpha value is -0.220. The second-order valence-electron chi connectivity index (χ2n) is 2.59. The summed E-state index contributed by atoms with van der Waals surface area (Å²) >= 11 is 9.01. The van der Waals surface area contributed by atoms with E-state index in [0.717, 1.165) is 4.47 Å². The van der Waals surface area contributed by atoms with E-state index in [1.807, 2.05) is 0 Å². The Kier molecular flexibility index (Phi) is 5.52. The minimum atomic E-state index is -0.407. The van der Waals surface area contributed by atoms with Crippen molar-refractivity contribution < 1.29 is 5.11 Å². The van der Waals surface area contributed by atoms with Gasteiger partial charge in [0.05, 0.1) is 11.1 Å². The van der Waals surface area contributed by atoms with E-state index >= 15 is 0 Å². The molecule has 78 valence electrons. The smallest absolute Gasteiger partial charge is 0.139 e. The van der Waals surface area contributed by atoms with Crippen molar-refractivity contribution in [1.82, 2.24) is 0 Å². The van der Waals surface area contributed by atoms with Crippen LogP contribution >= 0.6 is 39.9 Å². The van der Waals surface area contributed by atoms with Crippen molar-refractivity contribution in [2.24, 2.45) is 5.73 Å². The van der Waals surface area contributed by atoms with Crippen molar-refractivity contribution in [1.29, 1.82) is 0 Å². The fourth-order valence-electron chi connectivity index (χ4n) is 0.967. The van der Waals surface area contributed by atoms with Gasteiger partial charge in [0.25, 0.3) is 0 Å². The van der Waals surface area contributed by atoms with Gasteiger partial charge in [-0.2, -0.15) is 0 Å². The average Bonchev–Trinajstić information content (AvgIpc) is 2.10. The number of hydrogen-bond donors (Lipinski definition) is 2. The largest absolute Gasteiger partial charge is 0.506 e. The zero-order valence-electron chi connectivity index (χ0n) is 7.21. The highest BCUT2D eigenvalue weighted by Crippen LogP contribution is 2.34. The fourth-order valence-corrected chi connectivity index (χ4v) is 1.80. The van der Waals surface area contributed by atoms with Crippen LogP contribution in [0.3, 0.4) is 0 Å². The lowest BCUT2D eigenvalue weighted by Gasteiger charge is -2.10. The summed E-state index contributed by atoms with van der Waals surface area (Å²) in [6.07, 6.45) is 1.54. The predicted octanol–water partition coefficient (Wildman–Crippen LogP) is 3.42. The molecule has 0 radical (unpaired) electrons. The molecule has 0 saturated carbocycles. The molecule has 2 nitrogen and oxygen atoms in total. The van der Waals surface area contributed by atoms with E-state index in [-0.39, 0.29) is 23.2 Å². The first-order chi connectivity index (χ1) is 6.06. The molecule has 1 aromatic carbocycles. The van der Waals surface area contributed by atoms with Crippen LogP contribution in [0, 0.1) is 0 Å². The Morgan fingerprint density at radius 1 is 1.57 bits per heavy atom. The van der Waals surface area contributed by atoms with Gasteiger partial charge in [0, 0.05) is 10.0 Å². The van der Waals surface area contributed by atoms with Gasteiger partial charge in [-0.3, -0.25) is 0 Å². The second-order valence-corrected chi connectivity index (χ2v) is 3.91. The first kappa shape index (κ1) is 13.8. The van der Waals surface area contributed by atoms with Gasteiger partial charge in [-0.25, -0.2) is 0 Å². The molecule has 14 heavy (non-hydrogen) atoms. The Bertz CT molecular complexity index is 344. The highest BCUT2D eigenvalue weighted by atomic mass is 79.9. The molecule has 0 aliphatic carbocycles. The van der Waals surface area contributed by atoms with Gasteiger partial charge in [-0.1, -0.05) is 33.6 Å². The molecule has 1 atom stereocenters. The van der Waals surface area contributed by atoms with Gasteiger partial charge in [0.1, 0.15) is 5.75 Å². The van der Waals surface area contributed by atoms with Crippen LogP contribution in [-0.4, -0.2) is 5.11 Å². The molecule has 0 heterocycles. The standard InChI is InChI=1S/C9H9BrClNO.ClH/c1-2-8(12)6-3-5(10)4-7(11)9(6)13;/h2-4,8,13H,1,12H2;1H/t8-;/m0./s1. The maximum absolute atomic E-state index is 9.54. The third kappa shape index (κ3) is 2.89. The summed E-state index contributed by atoms with van der Waals surface area (Å²) in [5, 5.41) is 9.82. The Morgan fingerprint density at radius 2 is 2.14 bits per heavy atom. The molecule has 0 bridgehead atoms. The third-order valence-corrected chi connectivity index (χ3v) is 2.42. The van der Waals surface area contributed by atoms with E-state index in [2.05, 4.69) is 22.5 Å². The molecular formula is C9H10BrCl2NO. The minimum Gasteiger partial charge on any atom is -0.506 e. The zero-order valence-corrected chi connectivity index (χ0v) is 10.4. The highest BCUT2D eigenvalue weighted by Gasteiger charge is 2.11. The van der Waals surface area contributed by atoms with E-state index in [0.29, 0.717) is 5.56 Å². The number of hydrogen-bond acceptors (Lipinski definition) is 2. The lowest BCUT2D eigenvalue weighted by molar-refractivity contribution is 0.466. The van der Waals surface area contributed by atoms with Gasteiger partial charge in [-0.15, -0.1) is 19.0 Å². The lowest BCUT2D eigenvalue weighted by Crippen LogP contribution is -2.06. The van der Waals surface area contributed by atoms with Crippen LogP contribution in [0.5, 0.6) is 5.75 Å². The molecule has 0 unspecified atom stereocenters. The summed E-state index contributed by atoms with van der Waals surface area (Å²) in [6, 6.07) is 2.92. The van der Waals surface area contributed by atoms with Gasteiger partial charge < -0.3 is 10.8 Å². The monoisotopic (exact) mass is 297 g/mol. The summed E-state index contributed by atoms with van der Waals surface area (Å²) in [7, 11) is 0. The molecule has 0 aliphatic rings. The molecule has 5 heteroatoms. The van der Waals surface area contributed by atoms with Crippen LogP contribution in [0.4, 0.5) is 0 Å². The topological polar surface area (TPSA) is 46.2 Å². The number of benzene rings is 1. The Labute approximate surface area is 102 Å². The van der Waals surface area contributed by atoms with E-state index in [1.165, 1.54) is 6.08 Å². The van der Waals surface area contributed by atoms with Crippen LogP contribution in [0.25, 0.3) is 0 Å². The van der Waals surface area contributed by atoms with Crippen LogP contribution in [0.15, 0.2) is 29.3 Å². The number of aromatic hydroxyl groups is 1. The first-order valence-corrected chi connectivity index (χ1v) is 4.79. The summed E-state index contributed by atoms with van der Waals surface area (Å²) in [5.74, 6) is 0.0114. The number of phenols is 1. The van der Waals surface area contributed by atoms with E-state index in [1.54, 1.807) is 12.1 Å². The second kappa shape index (κ2) is 5.61. The van der Waals surface area contributed by atoms with Gasteiger partial charge in [0.2, 0.25) is 0 Å². The molecule has 0 fully saturated rings. The normalized spacial score (nSPS) is 11.6. The molecule has 0 aliphatic heterocycles. The Morgan fingerprint density at radius 3 is 2.64 bits per heavy atom. The van der Waals surface area contributed by atoms with Crippen molar-refractivity contribution in [2.75, 3.05) is 0 Å². The molecule has 1 aromatic rings. The van der Waals surface area contributed by atoms with Crippen molar-refractivity contribution in [3.63, 3.8) is 0 Å². The summed E-state index contributed by atoms with van der Waals surface area (Å²) < 4.78 is 0.780. The van der Waals surface area contributed by atoms with Crippen LogP contribution in [-0.2, 0) is 0 Å². The summed E-state index contributed by atoms with van der Waals surface area (Å²) in [5.41, 5.74) is 6.24. The molecule has 1 rings (SSSR count). The first-order valence-electron chi connectivity index (χ1n) is 3.62. The van der Waals surface area contributed by atoms with Crippen LogP contribution in [0.1, 0.15) is 11.6 Å². The predicted molar refractivity (Wildman–Crippen MR) is 65.2 cm³/mol. The number of rotatable bonds is 2. The van der Waals surface area contributed by atoms with Gasteiger partial charge in [0.15, 0.2) is 0 Å². The van der Waals surface area contributed by atoms with Crippen molar-refractivity contribution in [3.8, 4) is 5.75 Å². The summed E-state index contributed by atoms with van der Waals surface area (Å²) in [6.45, 7) is 3.54. The Balaban J connectivity index is 0.00000169. The number of nitrogens with two attached hydrogens (primary N) is 1. The van der Waals surface area contributed by atoms with Crippen molar-refractivity contribution in [3.05, 3.63) is 39.8 Å². The van der Waals surface area contributed by atoms with Crippen molar-refractivity contribution in [2.45, 2.75) is 6.04 Å². The molecule has 0 spiro atoms. The zero-order chi connectivity index (χ0) is 10.0. The van der Waals surface area contributed by atoms with Gasteiger partial charge in [-0.05, 0) is 12.1 Å². The summed E-state index contributed by atoms with van der Waals surface area (Å²) in [4.78, 5) is 0. The van der Waals surface area contributed by atoms with E-state index in [4.69, 9.17) is 17.3 Å². The van der Waals surface area contributed by atoms with Gasteiger partial charge >= 0.3 is 0 Å². The molecule has 0 aromatic heterocycles. The van der Waals surface area contributed by atoms with Crippen molar-refractivity contribution >= 4 is 39.9 Å². The van der Waals surface area contributed by atoms with Crippen LogP contribution in [0.2, 0.25) is 5.02 Å². The molecule has 0 amide bonds. The maximum Gasteiger partial charge on any atom is 0.139 e. The molecule has 3 N–H and O–H groups in total. The van der Waals surface area contributed by atoms with Crippen LogP contribution < -0.4 is 5.73 Å². The lowest BCUT2D eigenvalue weighted by atomic mass is 10.1. The number of phenolic OH excluding ortho intramolecular Hbond substituents is 1. The molecule has 0 saturated heterocycles. The minimum absolute atomic E-state index is 0. The fraction of sp³-hybridized carbons (Fsp3) is 0.111. The van der Waals surface area contributed by atoms with E-state index in [9.17, 15) is 5.11 Å². The number of halogens is 3. The third-order valence-electron chi connectivity index (χ3n) is 1.67. The average molecular weight is 299 g/mol. The highest BCUT2D eigenvalue weighted by molar-refractivity contribution is 9.10. The maximum atomic E-state index is 9.54. The molecular weight excluding hydrogens is 289 g/mol. The van der Waals surface area contributed by atoms with E-state index < -0.39 is 6.04 Å².